The summed E-state index contributed by atoms with van der Waals surface area (Å²) in [5.74, 6) is -3.37. The Morgan fingerprint density at radius 1 is 1.14 bits per heavy atom. The molecular weight excluding hydrogens is 305 g/mol. The number of hydrogen-bond donors (Lipinski definition) is 2. The molecule has 0 saturated carbocycles. The van der Waals surface area contributed by atoms with Crippen LogP contribution < -0.4 is 10.6 Å². The summed E-state index contributed by atoms with van der Waals surface area (Å²) in [4.78, 5) is 25.6. The number of nitrogens with zero attached hydrogens (tertiary/aromatic N) is 2. The summed E-state index contributed by atoms with van der Waals surface area (Å²) in [5.41, 5.74) is 0.550. The SMILES string of the molecule is CNC(=O)C(=O)Nc1ccc(-c2noc(C(F)(F)F)n2)cc1. The number of halogens is 3. The standard InChI is InChI=1S/C12H9F3N4O3/c1-16-9(20)10(21)17-7-4-2-6(3-5-7)8-18-11(22-19-8)12(13,14)15/h2-5H,1H3,(H,16,20)(H,17,21). The largest absolute Gasteiger partial charge is 0.471 e. The number of alkyl halides is 3. The van der Waals surface area contributed by atoms with E-state index in [1.807, 2.05) is 0 Å². The van der Waals surface area contributed by atoms with Crippen LogP contribution in [-0.2, 0) is 15.8 Å². The molecule has 0 radical (unpaired) electrons. The van der Waals surface area contributed by atoms with Gasteiger partial charge in [-0.1, -0.05) is 5.16 Å². The van der Waals surface area contributed by atoms with Gasteiger partial charge in [-0.3, -0.25) is 9.59 Å². The van der Waals surface area contributed by atoms with Crippen LogP contribution in [0.4, 0.5) is 18.9 Å². The van der Waals surface area contributed by atoms with Crippen LogP contribution in [0.15, 0.2) is 28.8 Å². The van der Waals surface area contributed by atoms with Gasteiger partial charge in [0.2, 0.25) is 5.82 Å². The van der Waals surface area contributed by atoms with Gasteiger partial charge >= 0.3 is 23.9 Å². The number of benzene rings is 1. The van der Waals surface area contributed by atoms with Crippen LogP contribution in [0.1, 0.15) is 5.89 Å². The van der Waals surface area contributed by atoms with Crippen molar-refractivity contribution in [3.05, 3.63) is 30.2 Å². The Balaban J connectivity index is 2.14. The summed E-state index contributed by atoms with van der Waals surface area (Å²) >= 11 is 0. The van der Waals surface area contributed by atoms with Crippen molar-refractivity contribution >= 4 is 17.5 Å². The quantitative estimate of drug-likeness (QED) is 0.818. The predicted molar refractivity (Wildman–Crippen MR) is 67.4 cm³/mol. The molecule has 1 aromatic heterocycles. The highest BCUT2D eigenvalue weighted by Crippen LogP contribution is 2.29. The van der Waals surface area contributed by atoms with Crippen LogP contribution in [0.25, 0.3) is 11.4 Å². The van der Waals surface area contributed by atoms with Crippen LogP contribution in [0.5, 0.6) is 0 Å². The normalized spacial score (nSPS) is 11.1. The van der Waals surface area contributed by atoms with Crippen LogP contribution in [0, 0.1) is 0 Å². The molecule has 0 bridgehead atoms. The summed E-state index contributed by atoms with van der Waals surface area (Å²) in [5, 5.41) is 7.68. The third-order valence-corrected chi connectivity index (χ3v) is 2.50. The maximum absolute atomic E-state index is 12.4. The molecule has 116 valence electrons. The lowest BCUT2D eigenvalue weighted by atomic mass is 10.2. The van der Waals surface area contributed by atoms with Crippen molar-refractivity contribution in [3.63, 3.8) is 0 Å². The molecule has 1 aromatic carbocycles. The van der Waals surface area contributed by atoms with Crippen LogP contribution >= 0.6 is 0 Å². The average Bonchev–Trinajstić information content (AvgIpc) is 2.97. The highest BCUT2D eigenvalue weighted by molar-refractivity contribution is 6.39. The molecule has 0 aliphatic heterocycles. The molecule has 0 unspecified atom stereocenters. The lowest BCUT2D eigenvalue weighted by Crippen LogP contribution is -2.32. The Morgan fingerprint density at radius 2 is 1.77 bits per heavy atom. The Morgan fingerprint density at radius 3 is 2.27 bits per heavy atom. The Hall–Kier alpha value is -2.91. The van der Waals surface area contributed by atoms with Gasteiger partial charge in [0.1, 0.15) is 0 Å². The number of hydrogen-bond acceptors (Lipinski definition) is 5. The summed E-state index contributed by atoms with van der Waals surface area (Å²) in [6.45, 7) is 0. The van der Waals surface area contributed by atoms with Gasteiger partial charge in [0.15, 0.2) is 0 Å². The van der Waals surface area contributed by atoms with E-state index in [0.717, 1.165) is 0 Å². The molecule has 2 aromatic rings. The van der Waals surface area contributed by atoms with Gasteiger partial charge < -0.3 is 15.2 Å². The van der Waals surface area contributed by atoms with Gasteiger partial charge in [0.25, 0.3) is 0 Å². The maximum Gasteiger partial charge on any atom is 0.471 e. The minimum Gasteiger partial charge on any atom is -0.351 e. The molecule has 2 rings (SSSR count). The van der Waals surface area contributed by atoms with Crippen molar-refractivity contribution in [1.82, 2.24) is 15.5 Å². The summed E-state index contributed by atoms with van der Waals surface area (Å²) < 4.78 is 41.2. The molecule has 22 heavy (non-hydrogen) atoms. The van der Waals surface area contributed by atoms with Crippen LogP contribution in [0.2, 0.25) is 0 Å². The number of nitrogens with one attached hydrogen (secondary N) is 2. The second-order valence-corrected chi connectivity index (χ2v) is 4.03. The number of rotatable bonds is 2. The molecular formula is C12H9F3N4O3. The van der Waals surface area contributed by atoms with E-state index in [1.165, 1.54) is 31.3 Å². The average molecular weight is 314 g/mol. The van der Waals surface area contributed by atoms with Crippen molar-refractivity contribution in [2.45, 2.75) is 6.18 Å². The monoisotopic (exact) mass is 314 g/mol. The lowest BCUT2D eigenvalue weighted by molar-refractivity contribution is -0.159. The molecule has 0 atom stereocenters. The molecule has 7 nitrogen and oxygen atoms in total. The minimum absolute atomic E-state index is 0.239. The fraction of sp³-hybridized carbons (Fsp3) is 0.167. The molecule has 0 aliphatic rings. The van der Waals surface area contributed by atoms with Gasteiger partial charge in [-0.25, -0.2) is 0 Å². The molecule has 0 saturated heterocycles. The van der Waals surface area contributed by atoms with Gasteiger partial charge in [-0.15, -0.1) is 0 Å². The van der Waals surface area contributed by atoms with Gasteiger partial charge in [0, 0.05) is 18.3 Å². The molecule has 2 amide bonds. The molecule has 0 spiro atoms. The zero-order chi connectivity index (χ0) is 16.3. The highest BCUT2D eigenvalue weighted by atomic mass is 19.4. The third kappa shape index (κ3) is 3.40. The smallest absolute Gasteiger partial charge is 0.351 e. The lowest BCUT2D eigenvalue weighted by Gasteiger charge is -2.04. The van der Waals surface area contributed by atoms with E-state index < -0.39 is 23.9 Å². The zero-order valence-electron chi connectivity index (χ0n) is 11.1. The van der Waals surface area contributed by atoms with E-state index in [1.54, 1.807) is 0 Å². The Kier molecular flexibility index (Phi) is 4.11. The first kappa shape index (κ1) is 15.5. The maximum atomic E-state index is 12.4. The van der Waals surface area contributed by atoms with Crippen molar-refractivity contribution < 1.29 is 27.3 Å². The van der Waals surface area contributed by atoms with E-state index in [4.69, 9.17) is 0 Å². The minimum atomic E-state index is -4.72. The fourth-order valence-electron chi connectivity index (χ4n) is 1.46. The van der Waals surface area contributed by atoms with E-state index in [9.17, 15) is 22.8 Å². The second kappa shape index (κ2) is 5.84. The first-order valence-corrected chi connectivity index (χ1v) is 5.85. The van der Waals surface area contributed by atoms with Gasteiger partial charge in [-0.05, 0) is 24.3 Å². The van der Waals surface area contributed by atoms with Crippen LogP contribution in [-0.4, -0.2) is 29.0 Å². The van der Waals surface area contributed by atoms with Crippen LogP contribution in [0.3, 0.4) is 0 Å². The molecule has 0 fully saturated rings. The van der Waals surface area contributed by atoms with E-state index in [-0.39, 0.29) is 17.1 Å². The van der Waals surface area contributed by atoms with Crippen molar-refractivity contribution in [2.24, 2.45) is 0 Å². The first-order valence-electron chi connectivity index (χ1n) is 5.85. The Bertz CT molecular complexity index is 694. The summed E-state index contributed by atoms with van der Waals surface area (Å²) in [7, 11) is 1.31. The summed E-state index contributed by atoms with van der Waals surface area (Å²) in [6, 6.07) is 5.54. The van der Waals surface area contributed by atoms with E-state index in [2.05, 4.69) is 25.3 Å². The van der Waals surface area contributed by atoms with Crippen molar-refractivity contribution in [2.75, 3.05) is 12.4 Å². The topological polar surface area (TPSA) is 97.1 Å². The number of likely N-dealkylation sites (N-methyl/N-ethyl adjacent to an activating group) is 1. The fourth-order valence-corrected chi connectivity index (χ4v) is 1.46. The zero-order valence-corrected chi connectivity index (χ0v) is 11.1. The highest BCUT2D eigenvalue weighted by Gasteiger charge is 2.38. The van der Waals surface area contributed by atoms with Gasteiger partial charge in [0.05, 0.1) is 0 Å². The number of amides is 2. The molecule has 2 N–H and O–H groups in total. The van der Waals surface area contributed by atoms with Gasteiger partial charge in [-0.2, -0.15) is 18.2 Å². The van der Waals surface area contributed by atoms with E-state index >= 15 is 0 Å². The number of carbonyl (C=O) groups is 2. The second-order valence-electron chi connectivity index (χ2n) is 4.03. The summed E-state index contributed by atoms with van der Waals surface area (Å²) in [6.07, 6.45) is -4.72. The number of anilines is 1. The first-order chi connectivity index (χ1) is 10.3. The van der Waals surface area contributed by atoms with E-state index in [0.29, 0.717) is 0 Å². The van der Waals surface area contributed by atoms with Crippen molar-refractivity contribution in [1.29, 1.82) is 0 Å². The molecule has 0 aliphatic carbocycles. The number of carbonyl (C=O) groups excluding carboxylic acids is 2. The predicted octanol–water partition coefficient (Wildman–Crippen LogP) is 1.44. The van der Waals surface area contributed by atoms with Crippen molar-refractivity contribution in [3.8, 4) is 11.4 Å². The molecule has 10 heteroatoms. The number of aromatic nitrogens is 2. The Labute approximate surface area is 121 Å². The third-order valence-electron chi connectivity index (χ3n) is 2.50. The molecule has 1 heterocycles.